The van der Waals surface area contributed by atoms with E-state index in [9.17, 15) is 13.2 Å². The van der Waals surface area contributed by atoms with Crippen LogP contribution in [0.5, 0.6) is 0 Å². The molecule has 2 fully saturated rings. The van der Waals surface area contributed by atoms with Crippen LogP contribution in [-0.4, -0.2) is 62.4 Å². The van der Waals surface area contributed by atoms with Gasteiger partial charge in [0.2, 0.25) is 10.0 Å². The maximum atomic E-state index is 12.4. The van der Waals surface area contributed by atoms with Crippen molar-refractivity contribution in [2.75, 3.05) is 39.0 Å². The van der Waals surface area contributed by atoms with Crippen LogP contribution in [0, 0.1) is 11.3 Å². The molecule has 5 nitrogen and oxygen atoms in total. The van der Waals surface area contributed by atoms with E-state index in [-0.39, 0.29) is 11.3 Å². The topological polar surface area (TPSA) is 57.7 Å². The number of hydrogen-bond acceptors (Lipinski definition) is 4. The second-order valence-electron chi connectivity index (χ2n) is 6.80. The first-order valence-electron chi connectivity index (χ1n) is 7.42. The molecule has 20 heavy (non-hydrogen) atoms. The summed E-state index contributed by atoms with van der Waals surface area (Å²) in [5, 5.41) is 0. The lowest BCUT2D eigenvalue weighted by molar-refractivity contribution is -0.135. The van der Waals surface area contributed by atoms with Crippen LogP contribution < -0.4 is 0 Å². The standard InChI is InChI=1S/C14H26N2O3S/c1-14(2)6-4-5-12(13(14)17)11-15-7-9-16(10-8-15)20(3,18)19/h12H,4-11H2,1-3H3. The Morgan fingerprint density at radius 1 is 1.20 bits per heavy atom. The van der Waals surface area contributed by atoms with Crippen molar-refractivity contribution in [2.24, 2.45) is 11.3 Å². The molecule has 0 aromatic rings. The largest absolute Gasteiger partial charge is 0.300 e. The summed E-state index contributed by atoms with van der Waals surface area (Å²) in [7, 11) is -3.07. The van der Waals surface area contributed by atoms with Crippen molar-refractivity contribution in [1.82, 2.24) is 9.21 Å². The maximum absolute atomic E-state index is 12.4. The lowest BCUT2D eigenvalue weighted by atomic mass is 9.71. The predicted molar refractivity (Wildman–Crippen MR) is 79.0 cm³/mol. The Bertz CT molecular complexity index is 465. The molecule has 1 aliphatic heterocycles. The summed E-state index contributed by atoms with van der Waals surface area (Å²) >= 11 is 0. The molecule has 0 bridgehead atoms. The molecule has 1 saturated heterocycles. The van der Waals surface area contributed by atoms with Crippen LogP contribution in [0.4, 0.5) is 0 Å². The molecule has 1 saturated carbocycles. The minimum absolute atomic E-state index is 0.128. The Morgan fingerprint density at radius 2 is 1.80 bits per heavy atom. The summed E-state index contributed by atoms with van der Waals surface area (Å²) in [5.41, 5.74) is -0.183. The van der Waals surface area contributed by atoms with Crippen LogP contribution in [0.3, 0.4) is 0 Å². The zero-order valence-electron chi connectivity index (χ0n) is 12.8. The monoisotopic (exact) mass is 302 g/mol. The van der Waals surface area contributed by atoms with E-state index in [0.717, 1.165) is 38.9 Å². The van der Waals surface area contributed by atoms with Gasteiger partial charge in [0, 0.05) is 44.1 Å². The zero-order chi connectivity index (χ0) is 15.0. The molecular weight excluding hydrogens is 276 g/mol. The van der Waals surface area contributed by atoms with Gasteiger partial charge in [-0.25, -0.2) is 8.42 Å². The number of nitrogens with zero attached hydrogens (tertiary/aromatic N) is 2. The quantitative estimate of drug-likeness (QED) is 0.779. The first-order chi connectivity index (χ1) is 9.20. The van der Waals surface area contributed by atoms with Gasteiger partial charge in [-0.15, -0.1) is 0 Å². The first-order valence-corrected chi connectivity index (χ1v) is 9.27. The molecule has 1 atom stereocenters. The molecule has 1 heterocycles. The Hall–Kier alpha value is -0.460. The van der Waals surface area contributed by atoms with E-state index in [4.69, 9.17) is 0 Å². The fraction of sp³-hybridized carbons (Fsp3) is 0.929. The number of rotatable bonds is 3. The summed E-state index contributed by atoms with van der Waals surface area (Å²) in [6.07, 6.45) is 4.35. The third-order valence-electron chi connectivity index (χ3n) is 4.67. The highest BCUT2D eigenvalue weighted by Crippen LogP contribution is 2.35. The van der Waals surface area contributed by atoms with Crippen LogP contribution in [0.25, 0.3) is 0 Å². The average Bonchev–Trinajstić information content (AvgIpc) is 2.34. The number of carbonyl (C=O) groups excluding carboxylic acids is 1. The van der Waals surface area contributed by atoms with Gasteiger partial charge in [0.25, 0.3) is 0 Å². The minimum atomic E-state index is -3.07. The van der Waals surface area contributed by atoms with E-state index in [0.29, 0.717) is 18.9 Å². The van der Waals surface area contributed by atoms with E-state index in [1.54, 1.807) is 0 Å². The number of Topliss-reactive ketones (excluding diaryl/α,β-unsaturated/α-hetero) is 1. The Balaban J connectivity index is 1.88. The lowest BCUT2D eigenvalue weighted by Gasteiger charge is -2.39. The van der Waals surface area contributed by atoms with Crippen molar-refractivity contribution in [3.8, 4) is 0 Å². The lowest BCUT2D eigenvalue weighted by Crippen LogP contribution is -2.51. The smallest absolute Gasteiger partial charge is 0.211 e. The molecule has 6 heteroatoms. The second-order valence-corrected chi connectivity index (χ2v) is 8.78. The van der Waals surface area contributed by atoms with Crippen molar-refractivity contribution >= 4 is 15.8 Å². The van der Waals surface area contributed by atoms with E-state index in [2.05, 4.69) is 4.90 Å². The summed E-state index contributed by atoms with van der Waals surface area (Å²) in [5.74, 6) is 0.512. The van der Waals surface area contributed by atoms with Gasteiger partial charge < -0.3 is 0 Å². The molecule has 0 amide bonds. The van der Waals surface area contributed by atoms with Gasteiger partial charge in [-0.3, -0.25) is 9.69 Å². The molecule has 0 aromatic heterocycles. The summed E-state index contributed by atoms with van der Waals surface area (Å²) in [6, 6.07) is 0. The highest BCUT2D eigenvalue weighted by molar-refractivity contribution is 7.88. The van der Waals surface area contributed by atoms with E-state index >= 15 is 0 Å². The van der Waals surface area contributed by atoms with E-state index < -0.39 is 10.0 Å². The van der Waals surface area contributed by atoms with Crippen molar-refractivity contribution in [3.63, 3.8) is 0 Å². The Morgan fingerprint density at radius 3 is 2.35 bits per heavy atom. The average molecular weight is 302 g/mol. The first kappa shape index (κ1) is 15.9. The molecular formula is C14H26N2O3S. The Labute approximate surface area is 122 Å². The molecule has 1 aliphatic carbocycles. The van der Waals surface area contributed by atoms with Crippen molar-refractivity contribution in [1.29, 1.82) is 0 Å². The molecule has 0 spiro atoms. The SMILES string of the molecule is CC1(C)CCCC(CN2CCN(S(C)(=O)=O)CC2)C1=O. The zero-order valence-corrected chi connectivity index (χ0v) is 13.6. The highest BCUT2D eigenvalue weighted by Gasteiger charge is 2.38. The molecule has 0 N–H and O–H groups in total. The van der Waals surface area contributed by atoms with Gasteiger partial charge >= 0.3 is 0 Å². The van der Waals surface area contributed by atoms with E-state index in [1.165, 1.54) is 10.6 Å². The van der Waals surface area contributed by atoms with Crippen molar-refractivity contribution in [3.05, 3.63) is 0 Å². The van der Waals surface area contributed by atoms with Crippen LogP contribution in [0.15, 0.2) is 0 Å². The number of ketones is 1. The molecule has 1 unspecified atom stereocenters. The summed E-state index contributed by atoms with van der Waals surface area (Å²) in [6.45, 7) is 7.44. The van der Waals surface area contributed by atoms with Crippen molar-refractivity contribution < 1.29 is 13.2 Å². The fourth-order valence-electron chi connectivity index (χ4n) is 3.33. The normalized spacial score (nSPS) is 29.6. The molecule has 0 radical (unpaired) electrons. The van der Waals surface area contributed by atoms with Crippen LogP contribution in [-0.2, 0) is 14.8 Å². The molecule has 0 aromatic carbocycles. The fourth-order valence-corrected chi connectivity index (χ4v) is 4.15. The Kier molecular flexibility index (Phi) is 4.56. The van der Waals surface area contributed by atoms with Crippen LogP contribution >= 0.6 is 0 Å². The van der Waals surface area contributed by atoms with Gasteiger partial charge in [0.15, 0.2) is 0 Å². The van der Waals surface area contributed by atoms with Crippen LogP contribution in [0.2, 0.25) is 0 Å². The summed E-state index contributed by atoms with van der Waals surface area (Å²) < 4.78 is 24.5. The number of piperazine rings is 1. The van der Waals surface area contributed by atoms with Crippen LogP contribution in [0.1, 0.15) is 33.1 Å². The van der Waals surface area contributed by atoms with Crippen molar-refractivity contribution in [2.45, 2.75) is 33.1 Å². The summed E-state index contributed by atoms with van der Waals surface area (Å²) in [4.78, 5) is 14.7. The number of hydrogen-bond donors (Lipinski definition) is 0. The van der Waals surface area contributed by atoms with Gasteiger partial charge in [0.05, 0.1) is 6.26 Å². The van der Waals surface area contributed by atoms with Gasteiger partial charge in [0.1, 0.15) is 5.78 Å². The molecule has 116 valence electrons. The highest BCUT2D eigenvalue weighted by atomic mass is 32.2. The van der Waals surface area contributed by atoms with E-state index in [1.807, 2.05) is 13.8 Å². The van der Waals surface area contributed by atoms with Gasteiger partial charge in [-0.2, -0.15) is 4.31 Å². The predicted octanol–water partition coefficient (Wildman–Crippen LogP) is 0.959. The number of sulfonamides is 1. The van der Waals surface area contributed by atoms with Gasteiger partial charge in [-0.1, -0.05) is 20.3 Å². The number of carbonyl (C=O) groups is 1. The maximum Gasteiger partial charge on any atom is 0.211 e. The minimum Gasteiger partial charge on any atom is -0.300 e. The second kappa shape index (κ2) is 5.73. The third kappa shape index (κ3) is 3.59. The molecule has 2 rings (SSSR count). The third-order valence-corrected chi connectivity index (χ3v) is 5.97. The molecule has 2 aliphatic rings. The van der Waals surface area contributed by atoms with Gasteiger partial charge in [-0.05, 0) is 12.8 Å².